The van der Waals surface area contributed by atoms with Gasteiger partial charge in [0.1, 0.15) is 5.56 Å². The number of carbonyl (C=O) groups is 1. The van der Waals surface area contributed by atoms with Crippen LogP contribution < -0.4 is 0 Å². The fourth-order valence-corrected chi connectivity index (χ4v) is 2.24. The van der Waals surface area contributed by atoms with Gasteiger partial charge in [-0.3, -0.25) is 14.9 Å². The van der Waals surface area contributed by atoms with E-state index in [1.54, 1.807) is 13.8 Å². The Labute approximate surface area is 119 Å². The Bertz CT molecular complexity index is 604. The van der Waals surface area contributed by atoms with Crippen molar-refractivity contribution in [3.05, 3.63) is 39.4 Å². The summed E-state index contributed by atoms with van der Waals surface area (Å²) in [5.41, 5.74) is -1.90. The highest BCUT2D eigenvalue weighted by Gasteiger charge is 2.37. The van der Waals surface area contributed by atoms with Crippen LogP contribution in [-0.2, 0) is 4.74 Å². The number of amides is 1. The molecule has 1 amide bonds. The van der Waals surface area contributed by atoms with Crippen molar-refractivity contribution in [3.63, 3.8) is 0 Å². The average molecular weight is 300 g/mol. The summed E-state index contributed by atoms with van der Waals surface area (Å²) in [4.78, 5) is 23.9. The molecule has 0 N–H and O–H groups in total. The number of hydrogen-bond donors (Lipinski definition) is 0. The topological polar surface area (TPSA) is 72.7 Å². The molecule has 1 aromatic rings. The maximum absolute atomic E-state index is 13.3. The second kappa shape index (κ2) is 5.36. The number of halogens is 2. The molecular weight excluding hydrogens is 286 g/mol. The van der Waals surface area contributed by atoms with Gasteiger partial charge in [0.15, 0.2) is 11.6 Å². The molecule has 1 heterocycles. The van der Waals surface area contributed by atoms with Gasteiger partial charge in [-0.25, -0.2) is 8.78 Å². The van der Waals surface area contributed by atoms with Gasteiger partial charge in [-0.2, -0.15) is 0 Å². The summed E-state index contributed by atoms with van der Waals surface area (Å²) in [6.07, 6.45) is 0. The summed E-state index contributed by atoms with van der Waals surface area (Å²) < 4.78 is 31.8. The van der Waals surface area contributed by atoms with Crippen molar-refractivity contribution in [2.75, 3.05) is 19.8 Å². The first-order valence-electron chi connectivity index (χ1n) is 6.27. The third-order valence-electron chi connectivity index (χ3n) is 3.36. The molecule has 6 nitrogen and oxygen atoms in total. The number of morpholine rings is 1. The van der Waals surface area contributed by atoms with Crippen molar-refractivity contribution in [1.29, 1.82) is 0 Å². The molecule has 1 saturated heterocycles. The van der Waals surface area contributed by atoms with Crippen molar-refractivity contribution in [1.82, 2.24) is 4.90 Å². The molecule has 0 saturated carbocycles. The number of hydrogen-bond acceptors (Lipinski definition) is 4. The van der Waals surface area contributed by atoms with Crippen molar-refractivity contribution in [3.8, 4) is 0 Å². The van der Waals surface area contributed by atoms with Gasteiger partial charge in [0.25, 0.3) is 11.6 Å². The molecule has 0 aromatic heterocycles. The molecule has 21 heavy (non-hydrogen) atoms. The van der Waals surface area contributed by atoms with Gasteiger partial charge in [-0.05, 0) is 19.9 Å². The number of nitro groups is 1. The second-order valence-corrected chi connectivity index (χ2v) is 5.36. The number of benzene rings is 1. The largest absolute Gasteiger partial charge is 0.377 e. The summed E-state index contributed by atoms with van der Waals surface area (Å²) in [6.45, 7) is 4.23. The van der Waals surface area contributed by atoms with E-state index in [-0.39, 0.29) is 19.8 Å². The van der Waals surface area contributed by atoms with Crippen LogP contribution in [0.1, 0.15) is 24.2 Å². The van der Waals surface area contributed by atoms with Crippen LogP contribution in [0.15, 0.2) is 12.1 Å². The summed E-state index contributed by atoms with van der Waals surface area (Å²) in [6, 6.07) is 0.997. The molecule has 8 heteroatoms. The van der Waals surface area contributed by atoms with Crippen LogP contribution in [0.3, 0.4) is 0 Å². The van der Waals surface area contributed by atoms with E-state index in [1.165, 1.54) is 4.90 Å². The lowest BCUT2D eigenvalue weighted by Gasteiger charge is -2.42. The molecule has 1 aliphatic rings. The number of nitrogens with zero attached hydrogens (tertiary/aromatic N) is 2. The minimum Gasteiger partial charge on any atom is -0.377 e. The molecule has 1 aromatic carbocycles. The van der Waals surface area contributed by atoms with E-state index in [0.29, 0.717) is 12.1 Å². The Balaban J connectivity index is 2.47. The minimum absolute atomic E-state index is 0.224. The second-order valence-electron chi connectivity index (χ2n) is 5.36. The van der Waals surface area contributed by atoms with E-state index in [2.05, 4.69) is 0 Å². The van der Waals surface area contributed by atoms with E-state index in [0.717, 1.165) is 0 Å². The lowest BCUT2D eigenvalue weighted by Crippen LogP contribution is -2.55. The van der Waals surface area contributed by atoms with Gasteiger partial charge in [0, 0.05) is 6.54 Å². The number of ether oxygens (including phenoxy) is 1. The molecule has 0 bridgehead atoms. The Morgan fingerprint density at radius 2 is 2.00 bits per heavy atom. The molecule has 0 atom stereocenters. The fourth-order valence-electron chi connectivity index (χ4n) is 2.24. The maximum atomic E-state index is 13.3. The van der Waals surface area contributed by atoms with Crippen LogP contribution >= 0.6 is 0 Å². The first-order chi connectivity index (χ1) is 9.74. The molecule has 1 fully saturated rings. The Morgan fingerprint density at radius 1 is 1.38 bits per heavy atom. The van der Waals surface area contributed by atoms with E-state index >= 15 is 0 Å². The normalized spacial score (nSPS) is 17.6. The molecule has 114 valence electrons. The molecule has 1 aliphatic heterocycles. The number of carbonyl (C=O) groups excluding carboxylic acids is 1. The summed E-state index contributed by atoms with van der Waals surface area (Å²) in [5.74, 6) is -3.37. The zero-order valence-corrected chi connectivity index (χ0v) is 11.6. The maximum Gasteiger partial charge on any atom is 0.285 e. The number of rotatable bonds is 2. The van der Waals surface area contributed by atoms with E-state index < -0.39 is 39.3 Å². The fraction of sp³-hybridized carbons (Fsp3) is 0.462. The van der Waals surface area contributed by atoms with Gasteiger partial charge >= 0.3 is 0 Å². The molecule has 0 radical (unpaired) electrons. The van der Waals surface area contributed by atoms with Crippen LogP contribution in [-0.4, -0.2) is 41.0 Å². The molecular formula is C13H14F2N2O4. The quantitative estimate of drug-likeness (QED) is 0.619. The van der Waals surface area contributed by atoms with Crippen molar-refractivity contribution >= 4 is 11.6 Å². The average Bonchev–Trinajstić information content (AvgIpc) is 2.40. The predicted octanol–water partition coefficient (Wildman–Crippen LogP) is 2.12. The van der Waals surface area contributed by atoms with Gasteiger partial charge in [-0.1, -0.05) is 0 Å². The van der Waals surface area contributed by atoms with Crippen LogP contribution in [0.25, 0.3) is 0 Å². The van der Waals surface area contributed by atoms with Gasteiger partial charge in [0.05, 0.1) is 29.7 Å². The third kappa shape index (κ3) is 2.85. The van der Waals surface area contributed by atoms with Gasteiger partial charge in [0.2, 0.25) is 0 Å². The van der Waals surface area contributed by atoms with E-state index in [4.69, 9.17) is 4.74 Å². The predicted molar refractivity (Wildman–Crippen MR) is 68.9 cm³/mol. The zero-order chi connectivity index (χ0) is 15.8. The van der Waals surface area contributed by atoms with E-state index in [1.807, 2.05) is 0 Å². The Hall–Kier alpha value is -2.09. The van der Waals surface area contributed by atoms with Crippen LogP contribution in [0.4, 0.5) is 14.5 Å². The zero-order valence-electron chi connectivity index (χ0n) is 11.6. The summed E-state index contributed by atoms with van der Waals surface area (Å²) >= 11 is 0. The Kier molecular flexibility index (Phi) is 3.91. The number of nitro benzene ring substituents is 1. The van der Waals surface area contributed by atoms with Gasteiger partial charge in [-0.15, -0.1) is 0 Å². The minimum atomic E-state index is -1.36. The van der Waals surface area contributed by atoms with Crippen LogP contribution in [0.2, 0.25) is 0 Å². The molecule has 0 unspecified atom stereocenters. The van der Waals surface area contributed by atoms with E-state index in [9.17, 15) is 23.7 Å². The lowest BCUT2D eigenvalue weighted by molar-refractivity contribution is -0.385. The lowest BCUT2D eigenvalue weighted by atomic mass is 10.00. The van der Waals surface area contributed by atoms with Crippen molar-refractivity contribution in [2.24, 2.45) is 0 Å². The highest BCUT2D eigenvalue weighted by molar-refractivity contribution is 5.98. The van der Waals surface area contributed by atoms with Crippen molar-refractivity contribution in [2.45, 2.75) is 19.4 Å². The first-order valence-corrected chi connectivity index (χ1v) is 6.27. The molecule has 0 aliphatic carbocycles. The first kappa shape index (κ1) is 15.3. The smallest absolute Gasteiger partial charge is 0.285 e. The summed E-state index contributed by atoms with van der Waals surface area (Å²) in [5, 5.41) is 11.0. The molecule has 0 spiro atoms. The van der Waals surface area contributed by atoms with Gasteiger partial charge < -0.3 is 9.64 Å². The monoisotopic (exact) mass is 300 g/mol. The third-order valence-corrected chi connectivity index (χ3v) is 3.36. The Morgan fingerprint density at radius 3 is 2.57 bits per heavy atom. The van der Waals surface area contributed by atoms with Crippen LogP contribution in [0.5, 0.6) is 0 Å². The highest BCUT2D eigenvalue weighted by Crippen LogP contribution is 2.28. The highest BCUT2D eigenvalue weighted by atomic mass is 19.2. The standard InChI is InChI=1S/C13H14F2N2O4/c1-13(2)7-21-4-3-16(13)12(18)8-5-9(14)10(15)6-11(8)17(19)20/h5-6H,3-4,7H2,1-2H3. The summed E-state index contributed by atoms with van der Waals surface area (Å²) in [7, 11) is 0. The molecule has 2 rings (SSSR count). The SMILES string of the molecule is CC1(C)COCCN1C(=O)c1cc(F)c(F)cc1[N+](=O)[O-]. The van der Waals surface area contributed by atoms with Crippen LogP contribution in [0, 0.1) is 21.7 Å². The van der Waals surface area contributed by atoms with Crippen molar-refractivity contribution < 1.29 is 23.2 Å².